The van der Waals surface area contributed by atoms with Gasteiger partial charge in [0.25, 0.3) is 5.91 Å². The molecule has 1 saturated carbocycles. The number of carbonyl (C=O) groups excluding carboxylic acids is 1. The van der Waals surface area contributed by atoms with E-state index in [1.54, 1.807) is 12.1 Å². The van der Waals surface area contributed by atoms with Crippen LogP contribution in [0.5, 0.6) is 0 Å². The maximum atomic E-state index is 13.0. The van der Waals surface area contributed by atoms with Crippen molar-refractivity contribution < 1.29 is 9.18 Å². The number of benzene rings is 1. The van der Waals surface area contributed by atoms with Crippen LogP contribution in [0.15, 0.2) is 24.3 Å². The summed E-state index contributed by atoms with van der Waals surface area (Å²) in [4.78, 5) is 17.2. The predicted molar refractivity (Wildman–Crippen MR) is 78.5 cm³/mol. The Morgan fingerprint density at radius 3 is 2.48 bits per heavy atom. The van der Waals surface area contributed by atoms with Crippen molar-refractivity contribution in [2.45, 2.75) is 37.8 Å². The van der Waals surface area contributed by atoms with Crippen LogP contribution in [0.1, 0.15) is 36.0 Å². The summed E-state index contributed by atoms with van der Waals surface area (Å²) in [6.45, 7) is 3.19. The average Bonchev–Trinajstić information content (AvgIpc) is 3.07. The van der Waals surface area contributed by atoms with Crippen molar-refractivity contribution in [1.82, 2.24) is 9.80 Å². The molecule has 4 rings (SSSR count). The van der Waals surface area contributed by atoms with Crippen LogP contribution < -0.4 is 0 Å². The van der Waals surface area contributed by atoms with Gasteiger partial charge in [0.15, 0.2) is 0 Å². The van der Waals surface area contributed by atoms with E-state index in [1.165, 1.54) is 31.5 Å². The highest BCUT2D eigenvalue weighted by molar-refractivity contribution is 5.94. The van der Waals surface area contributed by atoms with Gasteiger partial charge < -0.3 is 4.90 Å². The van der Waals surface area contributed by atoms with Gasteiger partial charge in [0.2, 0.25) is 0 Å². The van der Waals surface area contributed by atoms with Gasteiger partial charge in [-0.2, -0.15) is 0 Å². The van der Waals surface area contributed by atoms with Crippen molar-refractivity contribution in [2.75, 3.05) is 19.6 Å². The van der Waals surface area contributed by atoms with Crippen LogP contribution in [0.25, 0.3) is 0 Å². The molecule has 0 radical (unpaired) electrons. The normalized spacial score (nSPS) is 28.9. The van der Waals surface area contributed by atoms with E-state index in [2.05, 4.69) is 4.90 Å². The molecule has 0 aromatic heterocycles. The van der Waals surface area contributed by atoms with E-state index < -0.39 is 0 Å². The second-order valence-electron chi connectivity index (χ2n) is 6.66. The molecule has 1 aliphatic carbocycles. The minimum absolute atomic E-state index is 0.0655. The Kier molecular flexibility index (Phi) is 3.21. The zero-order valence-corrected chi connectivity index (χ0v) is 12.2. The van der Waals surface area contributed by atoms with Crippen molar-refractivity contribution in [2.24, 2.45) is 5.92 Å². The van der Waals surface area contributed by atoms with Crippen molar-refractivity contribution in [3.8, 4) is 0 Å². The quantitative estimate of drug-likeness (QED) is 0.853. The average molecular weight is 288 g/mol. The fourth-order valence-corrected chi connectivity index (χ4v) is 3.94. The lowest BCUT2D eigenvalue weighted by Gasteiger charge is -2.25. The van der Waals surface area contributed by atoms with Crippen LogP contribution in [0.3, 0.4) is 0 Å². The van der Waals surface area contributed by atoms with Crippen LogP contribution in [0, 0.1) is 11.7 Å². The van der Waals surface area contributed by atoms with Crippen molar-refractivity contribution in [3.05, 3.63) is 35.6 Å². The number of hydrogen-bond donors (Lipinski definition) is 0. The summed E-state index contributed by atoms with van der Waals surface area (Å²) in [6, 6.07) is 6.85. The van der Waals surface area contributed by atoms with Crippen LogP contribution >= 0.6 is 0 Å². The monoisotopic (exact) mass is 288 g/mol. The molecule has 3 aliphatic rings. The molecular weight excluding hydrogens is 267 g/mol. The first-order valence-electron chi connectivity index (χ1n) is 8.03. The zero-order valence-electron chi connectivity index (χ0n) is 12.2. The molecule has 4 heteroatoms. The largest absolute Gasteiger partial charge is 0.334 e. The molecule has 0 bridgehead atoms. The van der Waals surface area contributed by atoms with E-state index in [1.807, 2.05) is 4.90 Å². The summed E-state index contributed by atoms with van der Waals surface area (Å²) in [5.74, 6) is 0.684. The Hall–Kier alpha value is -1.42. The third kappa shape index (κ3) is 2.46. The molecule has 2 saturated heterocycles. The lowest BCUT2D eigenvalue weighted by Crippen LogP contribution is -2.40. The summed E-state index contributed by atoms with van der Waals surface area (Å²) in [6.07, 6.45) is 4.94. The van der Waals surface area contributed by atoms with Crippen molar-refractivity contribution in [1.29, 1.82) is 0 Å². The number of rotatable bonds is 3. The zero-order chi connectivity index (χ0) is 14.4. The second-order valence-corrected chi connectivity index (χ2v) is 6.66. The summed E-state index contributed by atoms with van der Waals surface area (Å²) in [7, 11) is 0. The SMILES string of the molecule is O=C(c1ccc(F)cc1)N1CC[C@H]2[C@@H]1CCN2CC1CC1. The standard InChI is InChI=1S/C17H21FN2O/c18-14-5-3-13(4-6-14)17(21)20-10-8-15-16(20)7-9-19(15)11-12-1-2-12/h3-6,12,15-16H,1-2,7-11H2/t15-,16-/m0/s1. The Morgan fingerprint density at radius 2 is 1.76 bits per heavy atom. The molecule has 21 heavy (non-hydrogen) atoms. The molecule has 0 N–H and O–H groups in total. The molecule has 3 nitrogen and oxygen atoms in total. The molecule has 112 valence electrons. The van der Waals surface area contributed by atoms with E-state index in [4.69, 9.17) is 0 Å². The van der Waals surface area contributed by atoms with Gasteiger partial charge in [-0.25, -0.2) is 4.39 Å². The molecule has 1 aromatic carbocycles. The number of fused-ring (bicyclic) bond motifs is 1. The van der Waals surface area contributed by atoms with Gasteiger partial charge in [-0.15, -0.1) is 0 Å². The van der Waals surface area contributed by atoms with Gasteiger partial charge in [0.1, 0.15) is 5.82 Å². The highest BCUT2D eigenvalue weighted by atomic mass is 19.1. The maximum absolute atomic E-state index is 13.0. The molecule has 0 spiro atoms. The number of likely N-dealkylation sites (tertiary alicyclic amines) is 2. The van der Waals surface area contributed by atoms with Gasteiger partial charge in [-0.05, 0) is 55.9 Å². The first-order valence-corrected chi connectivity index (χ1v) is 8.03. The molecule has 2 aliphatic heterocycles. The number of amides is 1. The first kappa shape index (κ1) is 13.3. The molecular formula is C17H21FN2O. The fourth-order valence-electron chi connectivity index (χ4n) is 3.94. The minimum atomic E-state index is -0.290. The van der Waals surface area contributed by atoms with Crippen LogP contribution in [-0.4, -0.2) is 47.4 Å². The number of hydrogen-bond acceptors (Lipinski definition) is 2. The summed E-state index contributed by atoms with van der Waals surface area (Å²) in [5.41, 5.74) is 0.609. The van der Waals surface area contributed by atoms with Crippen LogP contribution in [0.4, 0.5) is 4.39 Å². The second kappa shape index (κ2) is 5.09. The van der Waals surface area contributed by atoms with Gasteiger partial charge in [0.05, 0.1) is 0 Å². The highest BCUT2D eigenvalue weighted by Gasteiger charge is 2.45. The minimum Gasteiger partial charge on any atom is -0.334 e. The van der Waals surface area contributed by atoms with Crippen molar-refractivity contribution in [3.63, 3.8) is 0 Å². The lowest BCUT2D eigenvalue weighted by molar-refractivity contribution is 0.0732. The van der Waals surface area contributed by atoms with Crippen LogP contribution in [0.2, 0.25) is 0 Å². The number of carbonyl (C=O) groups is 1. The molecule has 1 aromatic rings. The number of nitrogens with zero attached hydrogens (tertiary/aromatic N) is 2. The predicted octanol–water partition coefficient (Wildman–Crippen LogP) is 2.52. The lowest BCUT2D eigenvalue weighted by atomic mass is 10.1. The van der Waals surface area contributed by atoms with Crippen molar-refractivity contribution >= 4 is 5.91 Å². The Labute approximate surface area is 124 Å². The Balaban J connectivity index is 1.47. The summed E-state index contributed by atoms with van der Waals surface area (Å²) >= 11 is 0. The Morgan fingerprint density at radius 1 is 1.05 bits per heavy atom. The van der Waals surface area contributed by atoms with Crippen LogP contribution in [-0.2, 0) is 0 Å². The van der Waals surface area contributed by atoms with E-state index in [0.717, 1.165) is 31.8 Å². The van der Waals surface area contributed by atoms with E-state index in [-0.39, 0.29) is 11.7 Å². The Bertz CT molecular complexity index is 540. The number of halogens is 1. The van der Waals surface area contributed by atoms with Gasteiger partial charge >= 0.3 is 0 Å². The smallest absolute Gasteiger partial charge is 0.254 e. The third-order valence-corrected chi connectivity index (χ3v) is 5.23. The third-order valence-electron chi connectivity index (χ3n) is 5.23. The van der Waals surface area contributed by atoms with E-state index in [0.29, 0.717) is 17.6 Å². The molecule has 1 amide bonds. The fraction of sp³-hybridized carbons (Fsp3) is 0.588. The van der Waals surface area contributed by atoms with E-state index >= 15 is 0 Å². The van der Waals surface area contributed by atoms with Gasteiger partial charge in [0, 0.05) is 37.3 Å². The van der Waals surface area contributed by atoms with Gasteiger partial charge in [-0.3, -0.25) is 9.69 Å². The molecule has 2 heterocycles. The highest BCUT2D eigenvalue weighted by Crippen LogP contribution is 2.37. The molecule has 2 atom stereocenters. The maximum Gasteiger partial charge on any atom is 0.254 e. The molecule has 0 unspecified atom stereocenters. The van der Waals surface area contributed by atoms with Gasteiger partial charge in [-0.1, -0.05) is 0 Å². The topological polar surface area (TPSA) is 23.6 Å². The first-order chi connectivity index (χ1) is 10.2. The van der Waals surface area contributed by atoms with E-state index in [9.17, 15) is 9.18 Å². The summed E-state index contributed by atoms with van der Waals surface area (Å²) < 4.78 is 13.0. The molecule has 3 fully saturated rings. The summed E-state index contributed by atoms with van der Waals surface area (Å²) in [5, 5.41) is 0.